The highest BCUT2D eigenvalue weighted by atomic mass is 16.5. The van der Waals surface area contributed by atoms with Gasteiger partial charge < -0.3 is 14.8 Å². The summed E-state index contributed by atoms with van der Waals surface area (Å²) in [5.41, 5.74) is 1.21. The van der Waals surface area contributed by atoms with Gasteiger partial charge in [0.05, 0.1) is 30.4 Å². The van der Waals surface area contributed by atoms with Crippen molar-refractivity contribution in [3.8, 4) is 5.75 Å². The highest BCUT2D eigenvalue weighted by Crippen LogP contribution is 2.41. The lowest BCUT2D eigenvalue weighted by atomic mass is 10.0. The SMILES string of the molecule is COc1ccc(C(NC(=O)COC(=O)Cn2cnc3ccccc3c2=O)C2CC2)cc1. The van der Waals surface area contributed by atoms with Gasteiger partial charge in [0.25, 0.3) is 11.5 Å². The third-order valence-corrected chi connectivity index (χ3v) is 5.28. The van der Waals surface area contributed by atoms with E-state index in [9.17, 15) is 14.4 Å². The molecule has 0 saturated heterocycles. The van der Waals surface area contributed by atoms with Crippen molar-refractivity contribution in [1.29, 1.82) is 0 Å². The predicted molar refractivity (Wildman–Crippen MR) is 114 cm³/mol. The average molecular weight is 421 g/mol. The molecule has 2 aromatic carbocycles. The van der Waals surface area contributed by atoms with E-state index in [0.717, 1.165) is 24.2 Å². The molecule has 1 heterocycles. The highest BCUT2D eigenvalue weighted by Gasteiger charge is 2.33. The van der Waals surface area contributed by atoms with E-state index in [4.69, 9.17) is 9.47 Å². The fraction of sp³-hybridized carbons (Fsp3) is 0.304. The van der Waals surface area contributed by atoms with E-state index in [2.05, 4.69) is 10.3 Å². The summed E-state index contributed by atoms with van der Waals surface area (Å²) < 4.78 is 11.4. The molecule has 0 aliphatic heterocycles. The molecular formula is C23H23N3O5. The van der Waals surface area contributed by atoms with Crippen molar-refractivity contribution in [1.82, 2.24) is 14.9 Å². The van der Waals surface area contributed by atoms with Gasteiger partial charge in [-0.25, -0.2) is 4.98 Å². The minimum absolute atomic E-state index is 0.135. The molecule has 1 saturated carbocycles. The fourth-order valence-electron chi connectivity index (χ4n) is 3.48. The van der Waals surface area contributed by atoms with Crippen molar-refractivity contribution in [3.05, 3.63) is 70.8 Å². The lowest BCUT2D eigenvalue weighted by molar-refractivity contribution is -0.149. The number of esters is 1. The number of amides is 1. The van der Waals surface area contributed by atoms with E-state index >= 15 is 0 Å². The lowest BCUT2D eigenvalue weighted by Gasteiger charge is -2.19. The number of methoxy groups -OCH3 is 1. The van der Waals surface area contributed by atoms with Crippen LogP contribution in [0.1, 0.15) is 24.4 Å². The summed E-state index contributed by atoms with van der Waals surface area (Å²) in [5.74, 6) is 0.0547. The molecule has 0 radical (unpaired) electrons. The van der Waals surface area contributed by atoms with Crippen LogP contribution >= 0.6 is 0 Å². The van der Waals surface area contributed by atoms with Gasteiger partial charge in [0.2, 0.25) is 0 Å². The van der Waals surface area contributed by atoms with Gasteiger partial charge in [0.15, 0.2) is 6.61 Å². The Bertz CT molecular complexity index is 1150. The quantitative estimate of drug-likeness (QED) is 0.560. The number of ether oxygens (including phenoxy) is 2. The summed E-state index contributed by atoms with van der Waals surface area (Å²) in [5, 5.41) is 3.37. The number of carbonyl (C=O) groups excluding carboxylic acids is 2. The third kappa shape index (κ3) is 4.91. The van der Waals surface area contributed by atoms with Crippen LogP contribution in [-0.4, -0.2) is 35.1 Å². The minimum atomic E-state index is -0.679. The fourth-order valence-corrected chi connectivity index (χ4v) is 3.48. The molecule has 8 nitrogen and oxygen atoms in total. The second-order valence-corrected chi connectivity index (χ2v) is 7.51. The number of nitrogens with one attached hydrogen (secondary N) is 1. The van der Waals surface area contributed by atoms with E-state index in [0.29, 0.717) is 16.8 Å². The number of benzene rings is 2. The maximum Gasteiger partial charge on any atom is 0.326 e. The summed E-state index contributed by atoms with van der Waals surface area (Å²) in [7, 11) is 1.60. The third-order valence-electron chi connectivity index (χ3n) is 5.28. The molecule has 31 heavy (non-hydrogen) atoms. The van der Waals surface area contributed by atoms with Crippen molar-refractivity contribution in [2.45, 2.75) is 25.4 Å². The highest BCUT2D eigenvalue weighted by molar-refractivity contribution is 5.81. The summed E-state index contributed by atoms with van der Waals surface area (Å²) in [4.78, 5) is 41.2. The van der Waals surface area contributed by atoms with E-state index < -0.39 is 12.6 Å². The number of hydrogen-bond acceptors (Lipinski definition) is 6. The topological polar surface area (TPSA) is 99.5 Å². The standard InChI is InChI=1S/C23H23N3O5/c1-30-17-10-8-16(9-11-17)22(15-6-7-15)25-20(27)13-31-21(28)12-26-14-24-19-5-3-2-4-18(19)23(26)29/h2-5,8-11,14-15,22H,6-7,12-13H2,1H3,(H,25,27). The molecule has 1 fully saturated rings. The van der Waals surface area contributed by atoms with Gasteiger partial charge in [-0.15, -0.1) is 0 Å². The molecule has 160 valence electrons. The maximum absolute atomic E-state index is 12.5. The van der Waals surface area contributed by atoms with Crippen molar-refractivity contribution in [2.75, 3.05) is 13.7 Å². The Morgan fingerprint density at radius 1 is 1.16 bits per heavy atom. The Kier molecular flexibility index (Phi) is 5.97. The molecule has 1 aliphatic rings. The van der Waals surface area contributed by atoms with Crippen LogP contribution in [-0.2, 0) is 20.9 Å². The lowest BCUT2D eigenvalue weighted by Crippen LogP contribution is -2.34. The van der Waals surface area contributed by atoms with Crippen LogP contribution in [0.4, 0.5) is 0 Å². The second-order valence-electron chi connectivity index (χ2n) is 7.51. The van der Waals surface area contributed by atoms with Gasteiger partial charge in [-0.3, -0.25) is 19.0 Å². The van der Waals surface area contributed by atoms with Crippen molar-refractivity contribution >= 4 is 22.8 Å². The number of aromatic nitrogens is 2. The first-order valence-electron chi connectivity index (χ1n) is 10.1. The summed E-state index contributed by atoms with van der Waals surface area (Å²) in [6.45, 7) is -0.720. The normalized spacial score (nSPS) is 14.1. The molecule has 1 atom stereocenters. The molecule has 1 amide bonds. The molecule has 1 unspecified atom stereocenters. The Labute approximate surface area is 178 Å². The Morgan fingerprint density at radius 2 is 1.90 bits per heavy atom. The second kappa shape index (κ2) is 8.99. The molecular weight excluding hydrogens is 398 g/mol. The monoisotopic (exact) mass is 421 g/mol. The molecule has 1 aliphatic carbocycles. The van der Waals surface area contributed by atoms with Crippen LogP contribution in [0.25, 0.3) is 10.9 Å². The van der Waals surface area contributed by atoms with Gasteiger partial charge in [-0.2, -0.15) is 0 Å². The van der Waals surface area contributed by atoms with Gasteiger partial charge >= 0.3 is 5.97 Å². The Hall–Kier alpha value is -3.68. The van der Waals surface area contributed by atoms with Crippen molar-refractivity contribution in [2.24, 2.45) is 5.92 Å². The number of hydrogen-bond donors (Lipinski definition) is 1. The zero-order valence-electron chi connectivity index (χ0n) is 17.1. The molecule has 4 rings (SSSR count). The van der Waals surface area contributed by atoms with Gasteiger partial charge in [0.1, 0.15) is 12.3 Å². The molecule has 1 aromatic heterocycles. The number of rotatable bonds is 8. The number of fused-ring (bicyclic) bond motifs is 1. The number of nitrogens with zero attached hydrogens (tertiary/aromatic N) is 2. The molecule has 0 spiro atoms. The average Bonchev–Trinajstić information content (AvgIpc) is 3.63. The van der Waals surface area contributed by atoms with Crippen LogP contribution in [0, 0.1) is 5.92 Å². The first-order valence-corrected chi connectivity index (χ1v) is 10.1. The molecule has 0 bridgehead atoms. The van der Waals surface area contributed by atoms with Gasteiger partial charge in [0, 0.05) is 0 Å². The zero-order chi connectivity index (χ0) is 21.8. The van der Waals surface area contributed by atoms with E-state index in [-0.39, 0.29) is 24.1 Å². The van der Waals surface area contributed by atoms with Crippen LogP contribution in [0.15, 0.2) is 59.7 Å². The van der Waals surface area contributed by atoms with E-state index in [1.807, 2.05) is 24.3 Å². The van der Waals surface area contributed by atoms with Crippen molar-refractivity contribution in [3.63, 3.8) is 0 Å². The van der Waals surface area contributed by atoms with E-state index in [1.54, 1.807) is 31.4 Å². The summed E-state index contributed by atoms with van der Waals surface area (Å²) >= 11 is 0. The summed E-state index contributed by atoms with van der Waals surface area (Å²) in [6.07, 6.45) is 3.38. The smallest absolute Gasteiger partial charge is 0.326 e. The Morgan fingerprint density at radius 3 is 2.61 bits per heavy atom. The largest absolute Gasteiger partial charge is 0.497 e. The maximum atomic E-state index is 12.5. The van der Waals surface area contributed by atoms with Crippen LogP contribution < -0.4 is 15.6 Å². The number of carbonyl (C=O) groups is 2. The predicted octanol–water partition coefficient (Wildman–Crippen LogP) is 2.22. The summed E-state index contributed by atoms with van der Waals surface area (Å²) in [6, 6.07) is 14.3. The van der Waals surface area contributed by atoms with Crippen LogP contribution in [0.2, 0.25) is 0 Å². The molecule has 1 N–H and O–H groups in total. The molecule has 8 heteroatoms. The Balaban J connectivity index is 1.34. The van der Waals surface area contributed by atoms with Crippen LogP contribution in [0.5, 0.6) is 5.75 Å². The van der Waals surface area contributed by atoms with Crippen molar-refractivity contribution < 1.29 is 19.1 Å². The zero-order valence-corrected chi connectivity index (χ0v) is 17.1. The molecule has 3 aromatic rings. The van der Waals surface area contributed by atoms with Crippen LogP contribution in [0.3, 0.4) is 0 Å². The van der Waals surface area contributed by atoms with Gasteiger partial charge in [-0.05, 0) is 48.6 Å². The van der Waals surface area contributed by atoms with Gasteiger partial charge in [-0.1, -0.05) is 24.3 Å². The van der Waals surface area contributed by atoms with E-state index in [1.165, 1.54) is 10.9 Å². The first kappa shape index (κ1) is 20.6. The number of para-hydroxylation sites is 1. The first-order chi connectivity index (χ1) is 15.0. The minimum Gasteiger partial charge on any atom is -0.497 e.